The van der Waals surface area contributed by atoms with E-state index in [1.165, 1.54) is 19.3 Å². The molecule has 0 aromatic rings. The number of amides is 1. The topological polar surface area (TPSA) is 20.3 Å². The number of hydrogen-bond donors (Lipinski definition) is 1. The Morgan fingerprint density at radius 2 is 2.11 bits per heavy atom. The highest BCUT2D eigenvalue weighted by Crippen LogP contribution is 2.24. The van der Waals surface area contributed by atoms with Crippen molar-refractivity contribution in [2.45, 2.75) is 52.9 Å². The van der Waals surface area contributed by atoms with Gasteiger partial charge in [0.15, 0.2) is 0 Å². The molecule has 0 spiro atoms. The van der Waals surface area contributed by atoms with Gasteiger partial charge in [0, 0.05) is 19.5 Å². The van der Waals surface area contributed by atoms with Gasteiger partial charge in [0.05, 0.1) is 0 Å². The maximum absolute atomic E-state index is 12.1. The number of thiol groups is 1. The zero-order valence-corrected chi connectivity index (χ0v) is 13.1. The van der Waals surface area contributed by atoms with E-state index in [1.54, 1.807) is 0 Å². The molecule has 0 bridgehead atoms. The Kier molecular flexibility index (Phi) is 7.13. The highest BCUT2D eigenvalue weighted by Gasteiger charge is 2.24. The van der Waals surface area contributed by atoms with Gasteiger partial charge in [0.1, 0.15) is 0 Å². The Labute approximate surface area is 118 Å². The van der Waals surface area contributed by atoms with Crippen molar-refractivity contribution >= 4 is 18.5 Å². The van der Waals surface area contributed by atoms with Gasteiger partial charge in [-0.2, -0.15) is 12.6 Å². The Morgan fingerprint density at radius 1 is 1.39 bits per heavy atom. The van der Waals surface area contributed by atoms with Crippen LogP contribution in [0.15, 0.2) is 0 Å². The standard InChI is InChI=1S/C15H29NOS/c1-4-5-13-6-7-15(17)16(9-8-13)10-14(11-18)12(2)3/h12-14,18H,4-11H2,1-3H3. The lowest BCUT2D eigenvalue weighted by molar-refractivity contribution is -0.131. The molecule has 1 aliphatic rings. The van der Waals surface area contributed by atoms with Gasteiger partial charge in [-0.05, 0) is 36.3 Å². The lowest BCUT2D eigenvalue weighted by Crippen LogP contribution is -2.37. The smallest absolute Gasteiger partial charge is 0.222 e. The van der Waals surface area contributed by atoms with Gasteiger partial charge in [-0.15, -0.1) is 0 Å². The van der Waals surface area contributed by atoms with Crippen LogP contribution in [-0.4, -0.2) is 29.6 Å². The molecule has 2 unspecified atom stereocenters. The molecule has 106 valence electrons. The molecular formula is C15H29NOS. The molecule has 1 rings (SSSR count). The van der Waals surface area contributed by atoms with E-state index in [9.17, 15) is 4.79 Å². The SMILES string of the molecule is CCCC1CCC(=O)N(CC(CS)C(C)C)CC1. The summed E-state index contributed by atoms with van der Waals surface area (Å²) in [6, 6.07) is 0. The molecule has 1 amide bonds. The van der Waals surface area contributed by atoms with Crippen LogP contribution in [0, 0.1) is 17.8 Å². The van der Waals surface area contributed by atoms with Crippen molar-refractivity contribution < 1.29 is 4.79 Å². The number of likely N-dealkylation sites (tertiary alicyclic amines) is 1. The molecule has 18 heavy (non-hydrogen) atoms. The summed E-state index contributed by atoms with van der Waals surface area (Å²) in [4.78, 5) is 14.2. The van der Waals surface area contributed by atoms with Crippen LogP contribution < -0.4 is 0 Å². The van der Waals surface area contributed by atoms with E-state index < -0.39 is 0 Å². The number of nitrogens with zero attached hydrogens (tertiary/aromatic N) is 1. The average molecular weight is 271 g/mol. The predicted molar refractivity (Wildman–Crippen MR) is 81.0 cm³/mol. The Balaban J connectivity index is 2.52. The van der Waals surface area contributed by atoms with Gasteiger partial charge in [0.2, 0.25) is 5.91 Å². The highest BCUT2D eigenvalue weighted by molar-refractivity contribution is 7.80. The molecule has 0 radical (unpaired) electrons. The minimum atomic E-state index is 0.362. The minimum absolute atomic E-state index is 0.362. The second-order valence-corrected chi connectivity index (χ2v) is 6.37. The van der Waals surface area contributed by atoms with Crippen LogP contribution >= 0.6 is 12.6 Å². The molecule has 1 aliphatic heterocycles. The van der Waals surface area contributed by atoms with Gasteiger partial charge >= 0.3 is 0 Å². The second-order valence-electron chi connectivity index (χ2n) is 6.01. The van der Waals surface area contributed by atoms with Crippen LogP contribution in [0.2, 0.25) is 0 Å². The van der Waals surface area contributed by atoms with Crippen LogP contribution in [-0.2, 0) is 4.79 Å². The average Bonchev–Trinajstić information content (AvgIpc) is 2.50. The number of rotatable bonds is 6. The zero-order valence-electron chi connectivity index (χ0n) is 12.2. The lowest BCUT2D eigenvalue weighted by atomic mass is 9.95. The summed E-state index contributed by atoms with van der Waals surface area (Å²) >= 11 is 4.42. The molecule has 1 fully saturated rings. The third-order valence-corrected chi connectivity index (χ3v) is 4.72. The fourth-order valence-corrected chi connectivity index (χ4v) is 3.28. The Hall–Kier alpha value is -0.180. The van der Waals surface area contributed by atoms with Crippen molar-refractivity contribution in [3.8, 4) is 0 Å². The summed E-state index contributed by atoms with van der Waals surface area (Å²) in [7, 11) is 0. The monoisotopic (exact) mass is 271 g/mol. The van der Waals surface area contributed by atoms with Crippen LogP contribution in [0.3, 0.4) is 0 Å². The van der Waals surface area contributed by atoms with Crippen LogP contribution in [0.1, 0.15) is 52.9 Å². The third-order valence-electron chi connectivity index (χ3n) is 4.26. The molecule has 3 heteroatoms. The van der Waals surface area contributed by atoms with E-state index in [1.807, 2.05) is 0 Å². The van der Waals surface area contributed by atoms with Gasteiger partial charge in [-0.3, -0.25) is 4.79 Å². The molecular weight excluding hydrogens is 242 g/mol. The van der Waals surface area contributed by atoms with E-state index in [0.29, 0.717) is 17.7 Å². The normalized spacial score (nSPS) is 23.3. The van der Waals surface area contributed by atoms with Crippen LogP contribution in [0.25, 0.3) is 0 Å². The molecule has 1 saturated heterocycles. The summed E-state index contributed by atoms with van der Waals surface area (Å²) < 4.78 is 0. The first-order valence-electron chi connectivity index (χ1n) is 7.47. The molecule has 0 saturated carbocycles. The minimum Gasteiger partial charge on any atom is -0.342 e. The van der Waals surface area contributed by atoms with Crippen LogP contribution in [0.4, 0.5) is 0 Å². The molecule has 0 aromatic heterocycles. The van der Waals surface area contributed by atoms with Crippen molar-refractivity contribution in [1.82, 2.24) is 4.90 Å². The highest BCUT2D eigenvalue weighted by atomic mass is 32.1. The Bertz CT molecular complexity index is 255. The first-order valence-corrected chi connectivity index (χ1v) is 8.10. The van der Waals surface area contributed by atoms with Gasteiger partial charge in [-0.25, -0.2) is 0 Å². The van der Waals surface area contributed by atoms with Crippen molar-refractivity contribution in [2.75, 3.05) is 18.8 Å². The third kappa shape index (κ3) is 4.83. The maximum Gasteiger partial charge on any atom is 0.222 e. The molecule has 0 aliphatic carbocycles. The molecule has 1 heterocycles. The quantitative estimate of drug-likeness (QED) is 0.732. The molecule has 0 N–H and O–H groups in total. The molecule has 2 nitrogen and oxygen atoms in total. The fourth-order valence-electron chi connectivity index (χ4n) is 2.75. The summed E-state index contributed by atoms with van der Waals surface area (Å²) in [5.74, 6) is 3.13. The summed E-state index contributed by atoms with van der Waals surface area (Å²) in [5, 5.41) is 0. The fraction of sp³-hybridized carbons (Fsp3) is 0.933. The number of carbonyl (C=O) groups excluding carboxylic acids is 1. The van der Waals surface area contributed by atoms with E-state index in [0.717, 1.165) is 37.6 Å². The van der Waals surface area contributed by atoms with E-state index >= 15 is 0 Å². The maximum atomic E-state index is 12.1. The first kappa shape index (κ1) is 15.9. The lowest BCUT2D eigenvalue weighted by Gasteiger charge is -2.28. The Morgan fingerprint density at radius 3 is 2.67 bits per heavy atom. The summed E-state index contributed by atoms with van der Waals surface area (Å²) in [6.07, 6.45) is 5.56. The first-order chi connectivity index (χ1) is 8.58. The van der Waals surface area contributed by atoms with Crippen molar-refractivity contribution in [3.63, 3.8) is 0 Å². The van der Waals surface area contributed by atoms with E-state index in [2.05, 4.69) is 38.3 Å². The van der Waals surface area contributed by atoms with E-state index in [4.69, 9.17) is 0 Å². The summed E-state index contributed by atoms with van der Waals surface area (Å²) in [6.45, 7) is 8.55. The zero-order chi connectivity index (χ0) is 13.5. The van der Waals surface area contributed by atoms with Crippen LogP contribution in [0.5, 0.6) is 0 Å². The number of hydrogen-bond acceptors (Lipinski definition) is 2. The van der Waals surface area contributed by atoms with Gasteiger partial charge in [0.25, 0.3) is 0 Å². The summed E-state index contributed by atoms with van der Waals surface area (Å²) in [5.41, 5.74) is 0. The number of carbonyl (C=O) groups is 1. The molecule has 0 aromatic carbocycles. The van der Waals surface area contributed by atoms with Gasteiger partial charge < -0.3 is 4.90 Å². The van der Waals surface area contributed by atoms with Gasteiger partial charge in [-0.1, -0.05) is 33.6 Å². The van der Waals surface area contributed by atoms with Crippen molar-refractivity contribution in [1.29, 1.82) is 0 Å². The van der Waals surface area contributed by atoms with Crippen molar-refractivity contribution in [3.05, 3.63) is 0 Å². The second kappa shape index (κ2) is 8.08. The van der Waals surface area contributed by atoms with Crippen molar-refractivity contribution in [2.24, 2.45) is 17.8 Å². The largest absolute Gasteiger partial charge is 0.342 e. The predicted octanol–water partition coefficient (Wildman–Crippen LogP) is 3.62. The van der Waals surface area contributed by atoms with E-state index in [-0.39, 0.29) is 0 Å². The molecule has 2 atom stereocenters.